The predicted octanol–water partition coefficient (Wildman–Crippen LogP) is 6.13. The van der Waals surface area contributed by atoms with Crippen LogP contribution in [0.2, 0.25) is 5.02 Å². The number of benzene rings is 3. The zero-order chi connectivity index (χ0) is 27.9. The average Bonchev–Trinajstić information content (AvgIpc) is 3.45. The third-order valence-electron chi connectivity index (χ3n) is 6.56. The van der Waals surface area contributed by atoms with Gasteiger partial charge in [0.05, 0.1) is 23.8 Å². The SMILES string of the molecule is CN(C/C=C/C(=O)Cc1cc2c(Nc3ccc(F)c(Cl)c3)ncnc2cc1OC1CCOC1)Cc1ccccc1. The highest BCUT2D eigenvalue weighted by Gasteiger charge is 2.21. The zero-order valence-corrected chi connectivity index (χ0v) is 22.9. The van der Waals surface area contributed by atoms with Gasteiger partial charge in [-0.15, -0.1) is 0 Å². The van der Waals surface area contributed by atoms with Gasteiger partial charge in [0.25, 0.3) is 0 Å². The van der Waals surface area contributed by atoms with Crippen molar-refractivity contribution in [2.24, 2.45) is 0 Å². The summed E-state index contributed by atoms with van der Waals surface area (Å²) in [5, 5.41) is 3.89. The van der Waals surface area contributed by atoms with E-state index in [0.717, 1.165) is 18.5 Å². The molecule has 1 fully saturated rings. The number of halogens is 2. The molecule has 1 N–H and O–H groups in total. The van der Waals surface area contributed by atoms with Crippen LogP contribution in [0.4, 0.5) is 15.9 Å². The summed E-state index contributed by atoms with van der Waals surface area (Å²) in [5.41, 5.74) is 3.17. The van der Waals surface area contributed by atoms with Crippen LogP contribution in [0.25, 0.3) is 10.9 Å². The molecule has 40 heavy (non-hydrogen) atoms. The van der Waals surface area contributed by atoms with E-state index in [4.69, 9.17) is 21.1 Å². The second kappa shape index (κ2) is 13.0. The first-order chi connectivity index (χ1) is 19.4. The van der Waals surface area contributed by atoms with Crippen molar-refractivity contribution in [3.05, 3.63) is 101 Å². The van der Waals surface area contributed by atoms with Gasteiger partial charge in [0.2, 0.25) is 0 Å². The number of hydrogen-bond acceptors (Lipinski definition) is 7. The van der Waals surface area contributed by atoms with Crippen LogP contribution in [-0.2, 0) is 22.5 Å². The lowest BCUT2D eigenvalue weighted by atomic mass is 10.0. The standard InChI is InChI=1S/C31H30ClFN4O3/c1-37(18-21-6-3-2-4-7-21)12-5-8-24(38)14-22-15-26-29(17-30(22)40-25-11-13-39-19-25)34-20-35-31(26)36-23-9-10-28(33)27(32)16-23/h2-10,15-17,20,25H,11-14,18-19H2,1H3,(H,34,35,36)/b8-5+. The fraction of sp³-hybridized carbons (Fsp3) is 0.258. The van der Waals surface area contributed by atoms with Gasteiger partial charge in [0.15, 0.2) is 5.78 Å². The molecule has 0 aliphatic carbocycles. The Kier molecular flexibility index (Phi) is 9.01. The molecule has 2 heterocycles. The molecule has 1 aliphatic heterocycles. The minimum Gasteiger partial charge on any atom is -0.488 e. The number of aromatic nitrogens is 2. The van der Waals surface area contributed by atoms with Gasteiger partial charge in [0.1, 0.15) is 29.8 Å². The Morgan fingerprint density at radius 3 is 2.83 bits per heavy atom. The van der Waals surface area contributed by atoms with Crippen LogP contribution < -0.4 is 10.1 Å². The highest BCUT2D eigenvalue weighted by Crippen LogP contribution is 2.32. The topological polar surface area (TPSA) is 76.6 Å². The molecule has 3 aromatic carbocycles. The minimum atomic E-state index is -0.502. The van der Waals surface area contributed by atoms with E-state index in [2.05, 4.69) is 32.3 Å². The largest absolute Gasteiger partial charge is 0.488 e. The second-order valence-electron chi connectivity index (χ2n) is 9.78. The fourth-order valence-electron chi connectivity index (χ4n) is 4.54. The molecular formula is C31H30ClFN4O3. The van der Waals surface area contributed by atoms with E-state index in [9.17, 15) is 9.18 Å². The Hall–Kier alpha value is -3.85. The number of ether oxygens (including phenoxy) is 2. The van der Waals surface area contributed by atoms with E-state index >= 15 is 0 Å². The monoisotopic (exact) mass is 560 g/mol. The Balaban J connectivity index is 1.36. The van der Waals surface area contributed by atoms with Gasteiger partial charge in [-0.1, -0.05) is 48.0 Å². The fourth-order valence-corrected chi connectivity index (χ4v) is 4.72. The van der Waals surface area contributed by atoms with Crippen molar-refractivity contribution in [3.63, 3.8) is 0 Å². The molecule has 1 aliphatic rings. The summed E-state index contributed by atoms with van der Waals surface area (Å²) in [5.74, 6) is 0.560. The number of carbonyl (C=O) groups is 1. The van der Waals surface area contributed by atoms with Crippen LogP contribution in [0, 0.1) is 5.82 Å². The molecule has 7 nitrogen and oxygen atoms in total. The molecule has 5 rings (SSSR count). The molecule has 206 valence electrons. The van der Waals surface area contributed by atoms with Crippen LogP contribution in [0.5, 0.6) is 5.75 Å². The number of nitrogens with zero attached hydrogens (tertiary/aromatic N) is 3. The molecule has 0 radical (unpaired) electrons. The molecule has 0 saturated carbocycles. The Morgan fingerprint density at radius 2 is 2.05 bits per heavy atom. The Bertz CT molecular complexity index is 1510. The van der Waals surface area contributed by atoms with Crippen molar-refractivity contribution in [2.45, 2.75) is 25.5 Å². The Labute approximate surface area is 237 Å². The normalized spacial score (nSPS) is 15.2. The molecule has 1 atom stereocenters. The van der Waals surface area contributed by atoms with Gasteiger partial charge in [0, 0.05) is 48.6 Å². The number of hydrogen-bond donors (Lipinski definition) is 1. The van der Waals surface area contributed by atoms with Crippen molar-refractivity contribution in [1.82, 2.24) is 14.9 Å². The van der Waals surface area contributed by atoms with Crippen LogP contribution in [-0.4, -0.2) is 53.6 Å². The van der Waals surface area contributed by atoms with Crippen LogP contribution in [0.1, 0.15) is 17.5 Å². The summed E-state index contributed by atoms with van der Waals surface area (Å²) < 4.78 is 25.4. The predicted molar refractivity (Wildman–Crippen MR) is 155 cm³/mol. The summed E-state index contributed by atoms with van der Waals surface area (Å²) in [7, 11) is 2.02. The van der Waals surface area contributed by atoms with Crippen molar-refractivity contribution in [2.75, 3.05) is 32.1 Å². The number of rotatable bonds is 11. The van der Waals surface area contributed by atoms with E-state index in [-0.39, 0.29) is 23.3 Å². The lowest BCUT2D eigenvalue weighted by molar-refractivity contribution is -0.114. The summed E-state index contributed by atoms with van der Waals surface area (Å²) >= 11 is 5.96. The number of fused-ring (bicyclic) bond motifs is 1. The number of anilines is 2. The van der Waals surface area contributed by atoms with Crippen molar-refractivity contribution in [3.8, 4) is 5.75 Å². The van der Waals surface area contributed by atoms with Crippen molar-refractivity contribution >= 4 is 39.8 Å². The maximum absolute atomic E-state index is 13.7. The van der Waals surface area contributed by atoms with E-state index < -0.39 is 5.82 Å². The molecule has 4 aromatic rings. The smallest absolute Gasteiger partial charge is 0.159 e. The third kappa shape index (κ3) is 7.21. The molecular weight excluding hydrogens is 531 g/mol. The van der Waals surface area contributed by atoms with Gasteiger partial charge in [-0.25, -0.2) is 14.4 Å². The molecule has 1 saturated heterocycles. The average molecular weight is 561 g/mol. The highest BCUT2D eigenvalue weighted by atomic mass is 35.5. The van der Waals surface area contributed by atoms with Gasteiger partial charge in [-0.05, 0) is 43.0 Å². The maximum atomic E-state index is 13.7. The zero-order valence-electron chi connectivity index (χ0n) is 22.1. The van der Waals surface area contributed by atoms with E-state index in [1.165, 1.54) is 24.0 Å². The van der Waals surface area contributed by atoms with Crippen LogP contribution in [0.3, 0.4) is 0 Å². The first-order valence-electron chi connectivity index (χ1n) is 13.1. The number of nitrogens with one attached hydrogen (secondary N) is 1. The molecule has 0 bridgehead atoms. The molecule has 1 unspecified atom stereocenters. The second-order valence-corrected chi connectivity index (χ2v) is 10.2. The van der Waals surface area contributed by atoms with Crippen molar-refractivity contribution < 1.29 is 18.7 Å². The molecule has 0 spiro atoms. The van der Waals surface area contributed by atoms with Crippen molar-refractivity contribution in [1.29, 1.82) is 0 Å². The summed E-state index contributed by atoms with van der Waals surface area (Å²) in [6.45, 7) is 2.58. The third-order valence-corrected chi connectivity index (χ3v) is 6.85. The van der Waals surface area contributed by atoms with Gasteiger partial charge >= 0.3 is 0 Å². The minimum absolute atomic E-state index is 0.00492. The van der Waals surface area contributed by atoms with Crippen LogP contribution in [0.15, 0.2) is 79.1 Å². The van der Waals surface area contributed by atoms with Gasteiger partial charge in [-0.3, -0.25) is 9.69 Å². The highest BCUT2D eigenvalue weighted by molar-refractivity contribution is 6.31. The molecule has 1 aromatic heterocycles. The van der Waals surface area contributed by atoms with E-state index in [1.54, 1.807) is 12.1 Å². The molecule has 0 amide bonds. The first kappa shape index (κ1) is 27.7. The van der Waals surface area contributed by atoms with Crippen LogP contribution >= 0.6 is 11.6 Å². The number of ketones is 1. The molecule has 9 heteroatoms. The maximum Gasteiger partial charge on any atom is 0.159 e. The number of allylic oxidation sites excluding steroid dienone is 1. The number of carbonyl (C=O) groups excluding carboxylic acids is 1. The lowest BCUT2D eigenvalue weighted by Gasteiger charge is -2.17. The van der Waals surface area contributed by atoms with E-state index in [1.807, 2.05) is 43.5 Å². The Morgan fingerprint density at radius 1 is 1.20 bits per heavy atom. The number of likely N-dealkylation sites (N-methyl/N-ethyl adjacent to an activating group) is 1. The van der Waals surface area contributed by atoms with Gasteiger partial charge in [-0.2, -0.15) is 0 Å². The quantitative estimate of drug-likeness (QED) is 0.221. The summed E-state index contributed by atoms with van der Waals surface area (Å²) in [6, 6.07) is 18.3. The van der Waals surface area contributed by atoms with E-state index in [0.29, 0.717) is 47.9 Å². The summed E-state index contributed by atoms with van der Waals surface area (Å²) in [6.07, 6.45) is 5.78. The summed E-state index contributed by atoms with van der Waals surface area (Å²) in [4.78, 5) is 24.0. The lowest BCUT2D eigenvalue weighted by Crippen LogP contribution is -2.18. The van der Waals surface area contributed by atoms with Gasteiger partial charge < -0.3 is 14.8 Å². The first-order valence-corrected chi connectivity index (χ1v) is 13.5.